The topological polar surface area (TPSA) is 65.4 Å². The number of fused-ring (bicyclic) bond motifs is 1. The van der Waals surface area contributed by atoms with Crippen molar-refractivity contribution in [1.29, 1.82) is 0 Å². The molecule has 7 heteroatoms. The van der Waals surface area contributed by atoms with Crippen molar-refractivity contribution in [3.8, 4) is 22.9 Å². The number of carbonyl (C=O) groups is 1. The zero-order valence-electron chi connectivity index (χ0n) is 17.1. The van der Waals surface area contributed by atoms with Crippen molar-refractivity contribution in [2.75, 3.05) is 19.5 Å². The van der Waals surface area contributed by atoms with Gasteiger partial charge in [0, 0.05) is 24.2 Å². The lowest BCUT2D eigenvalue weighted by Gasteiger charge is -2.12. The first-order valence-electron chi connectivity index (χ1n) is 10.00. The van der Waals surface area contributed by atoms with Gasteiger partial charge in [-0.3, -0.25) is 4.79 Å². The Bertz CT molecular complexity index is 1060. The molecule has 1 aliphatic heterocycles. The van der Waals surface area contributed by atoms with Crippen LogP contribution < -0.4 is 14.8 Å². The molecule has 0 spiro atoms. The van der Waals surface area contributed by atoms with Gasteiger partial charge in [0.05, 0.1) is 30.6 Å². The number of amides is 1. The van der Waals surface area contributed by atoms with E-state index in [2.05, 4.69) is 9.88 Å². The van der Waals surface area contributed by atoms with Crippen LogP contribution in [0.25, 0.3) is 11.4 Å². The largest absolute Gasteiger partial charge is 0.493 e. The van der Waals surface area contributed by atoms with Gasteiger partial charge in [0.25, 0.3) is 5.91 Å². The van der Waals surface area contributed by atoms with E-state index in [-0.39, 0.29) is 5.91 Å². The highest BCUT2D eigenvalue weighted by atomic mass is 35.5. The number of hydrogen-bond acceptors (Lipinski definition) is 4. The number of nitrogens with one attached hydrogen (secondary N) is 1. The Labute approximate surface area is 180 Å². The molecule has 1 N–H and O–H groups in total. The second-order valence-corrected chi connectivity index (χ2v) is 7.61. The van der Waals surface area contributed by atoms with E-state index in [1.807, 2.05) is 30.3 Å². The predicted molar refractivity (Wildman–Crippen MR) is 118 cm³/mol. The van der Waals surface area contributed by atoms with Crippen LogP contribution in [0.4, 0.5) is 5.69 Å². The molecule has 0 saturated heterocycles. The summed E-state index contributed by atoms with van der Waals surface area (Å²) in [6.07, 6.45) is 4.07. The van der Waals surface area contributed by atoms with Gasteiger partial charge in [-0.15, -0.1) is 0 Å². The minimum absolute atomic E-state index is 0.281. The summed E-state index contributed by atoms with van der Waals surface area (Å²) in [6, 6.07) is 13.3. The van der Waals surface area contributed by atoms with Crippen molar-refractivity contribution in [2.45, 2.75) is 32.2 Å². The highest BCUT2D eigenvalue weighted by molar-refractivity contribution is 6.34. The number of hydrogen-bond donors (Lipinski definition) is 1. The fourth-order valence-electron chi connectivity index (χ4n) is 3.84. The zero-order chi connectivity index (χ0) is 21.1. The molecule has 0 bridgehead atoms. The van der Waals surface area contributed by atoms with Gasteiger partial charge >= 0.3 is 0 Å². The smallest absolute Gasteiger partial charge is 0.276 e. The Hall–Kier alpha value is -2.99. The highest BCUT2D eigenvalue weighted by Gasteiger charge is 2.25. The van der Waals surface area contributed by atoms with E-state index < -0.39 is 0 Å². The fourth-order valence-corrected chi connectivity index (χ4v) is 4.04. The number of benzene rings is 2. The van der Waals surface area contributed by atoms with Crippen LogP contribution >= 0.6 is 11.6 Å². The molecule has 0 fully saturated rings. The Morgan fingerprint density at radius 2 is 1.80 bits per heavy atom. The van der Waals surface area contributed by atoms with Gasteiger partial charge in [-0.05, 0) is 19.3 Å². The van der Waals surface area contributed by atoms with Crippen molar-refractivity contribution in [2.24, 2.45) is 0 Å². The molecule has 0 saturated carbocycles. The zero-order valence-corrected chi connectivity index (χ0v) is 17.8. The molecule has 2 heterocycles. The summed E-state index contributed by atoms with van der Waals surface area (Å²) < 4.78 is 12.8. The Morgan fingerprint density at radius 3 is 2.53 bits per heavy atom. The van der Waals surface area contributed by atoms with E-state index in [0.29, 0.717) is 27.9 Å². The van der Waals surface area contributed by atoms with E-state index in [1.165, 1.54) is 7.11 Å². The molecule has 6 nitrogen and oxygen atoms in total. The first-order valence-corrected chi connectivity index (χ1v) is 10.4. The summed E-state index contributed by atoms with van der Waals surface area (Å²) in [5, 5.41) is 3.28. The summed E-state index contributed by atoms with van der Waals surface area (Å²) >= 11 is 6.36. The summed E-state index contributed by atoms with van der Waals surface area (Å²) in [6.45, 7) is 0.858. The van der Waals surface area contributed by atoms with Crippen LogP contribution in [0.15, 0.2) is 42.5 Å². The van der Waals surface area contributed by atoms with E-state index >= 15 is 0 Å². The summed E-state index contributed by atoms with van der Waals surface area (Å²) in [4.78, 5) is 18.0. The monoisotopic (exact) mass is 425 g/mol. The summed E-state index contributed by atoms with van der Waals surface area (Å²) in [5.74, 6) is 1.54. The standard InChI is InChI=1S/C23H24ClN3O3/c1-29-19-13-16(24)17(14-20(19)30-2)25-23(28)21-18-11-7-4-8-12-27(18)22(26-21)15-9-5-3-6-10-15/h3,5-6,9-10,13-14H,4,7-8,11-12H2,1-2H3,(H,25,28). The molecule has 1 aliphatic rings. The second-order valence-electron chi connectivity index (χ2n) is 7.20. The number of rotatable bonds is 5. The number of imidazole rings is 1. The molecule has 0 radical (unpaired) electrons. The van der Waals surface area contributed by atoms with Crippen molar-refractivity contribution in [3.63, 3.8) is 0 Å². The molecule has 2 aromatic carbocycles. The quantitative estimate of drug-likeness (QED) is 0.610. The third kappa shape index (κ3) is 3.87. The van der Waals surface area contributed by atoms with Crippen LogP contribution in [0.3, 0.4) is 0 Å². The maximum absolute atomic E-state index is 13.2. The lowest BCUT2D eigenvalue weighted by Crippen LogP contribution is -2.16. The highest BCUT2D eigenvalue weighted by Crippen LogP contribution is 2.36. The van der Waals surface area contributed by atoms with E-state index in [1.54, 1.807) is 19.2 Å². The van der Waals surface area contributed by atoms with Gasteiger partial charge < -0.3 is 19.4 Å². The maximum atomic E-state index is 13.2. The van der Waals surface area contributed by atoms with Gasteiger partial charge in [-0.2, -0.15) is 0 Å². The molecule has 4 rings (SSSR count). The predicted octanol–water partition coefficient (Wildman–Crippen LogP) is 5.20. The molecule has 1 amide bonds. The number of aromatic nitrogens is 2. The summed E-state index contributed by atoms with van der Waals surface area (Å²) in [5.41, 5.74) is 2.88. The van der Waals surface area contributed by atoms with E-state index in [0.717, 1.165) is 49.3 Å². The van der Waals surface area contributed by atoms with Gasteiger partial charge in [0.15, 0.2) is 11.5 Å². The van der Waals surface area contributed by atoms with Crippen molar-refractivity contribution < 1.29 is 14.3 Å². The van der Waals surface area contributed by atoms with Crippen molar-refractivity contribution in [1.82, 2.24) is 9.55 Å². The van der Waals surface area contributed by atoms with Gasteiger partial charge in [-0.1, -0.05) is 48.4 Å². The third-order valence-corrected chi connectivity index (χ3v) is 5.65. The van der Waals surface area contributed by atoms with Gasteiger partial charge in [-0.25, -0.2) is 4.98 Å². The second kappa shape index (κ2) is 8.79. The molecule has 30 heavy (non-hydrogen) atoms. The lowest BCUT2D eigenvalue weighted by atomic mass is 10.1. The first kappa shape index (κ1) is 20.3. The van der Waals surface area contributed by atoms with Crippen molar-refractivity contribution >= 4 is 23.2 Å². The van der Waals surface area contributed by atoms with Gasteiger partial charge in [0.1, 0.15) is 11.5 Å². The van der Waals surface area contributed by atoms with Crippen LogP contribution in [-0.4, -0.2) is 29.7 Å². The van der Waals surface area contributed by atoms with Gasteiger partial charge in [0.2, 0.25) is 0 Å². The molecule has 0 unspecified atom stereocenters. The average molecular weight is 426 g/mol. The minimum atomic E-state index is -0.281. The summed E-state index contributed by atoms with van der Waals surface area (Å²) in [7, 11) is 3.08. The SMILES string of the molecule is COc1cc(Cl)c(NC(=O)c2nc(-c3ccccc3)n3c2CCCCC3)cc1OC. The van der Waals surface area contributed by atoms with Crippen LogP contribution in [0.2, 0.25) is 5.02 Å². The van der Waals surface area contributed by atoms with Crippen LogP contribution in [0, 0.1) is 0 Å². The van der Waals surface area contributed by atoms with Crippen molar-refractivity contribution in [3.05, 3.63) is 58.9 Å². The number of carbonyl (C=O) groups excluding carboxylic acids is 1. The molecule has 3 aromatic rings. The maximum Gasteiger partial charge on any atom is 0.276 e. The molecular formula is C23H24ClN3O3. The van der Waals surface area contributed by atoms with E-state index in [4.69, 9.17) is 26.1 Å². The Morgan fingerprint density at radius 1 is 1.07 bits per heavy atom. The Kier molecular flexibility index (Phi) is 5.95. The van der Waals surface area contributed by atoms with E-state index in [9.17, 15) is 4.79 Å². The molecule has 0 aliphatic carbocycles. The Balaban J connectivity index is 1.72. The molecule has 0 atom stereocenters. The van der Waals surface area contributed by atoms with Crippen LogP contribution in [0.5, 0.6) is 11.5 Å². The van der Waals surface area contributed by atoms with Crippen LogP contribution in [-0.2, 0) is 13.0 Å². The normalized spacial score (nSPS) is 13.3. The minimum Gasteiger partial charge on any atom is -0.493 e. The fraction of sp³-hybridized carbons (Fsp3) is 0.304. The number of ether oxygens (including phenoxy) is 2. The molecule has 156 valence electrons. The number of anilines is 1. The third-order valence-electron chi connectivity index (χ3n) is 5.34. The molecule has 1 aromatic heterocycles. The number of methoxy groups -OCH3 is 2. The number of nitrogens with zero attached hydrogens (tertiary/aromatic N) is 2. The average Bonchev–Trinajstić information content (AvgIpc) is 2.96. The lowest BCUT2D eigenvalue weighted by molar-refractivity contribution is 0.102. The molecular weight excluding hydrogens is 402 g/mol. The first-order chi connectivity index (χ1) is 14.6. The number of halogens is 1. The van der Waals surface area contributed by atoms with Crippen LogP contribution in [0.1, 0.15) is 35.4 Å².